The van der Waals surface area contributed by atoms with E-state index >= 15 is 0 Å². The number of anilines is 1. The Morgan fingerprint density at radius 1 is 1.19 bits per heavy atom. The summed E-state index contributed by atoms with van der Waals surface area (Å²) in [6, 6.07) is 17.0. The summed E-state index contributed by atoms with van der Waals surface area (Å²) in [6.45, 7) is 3.83. The van der Waals surface area contributed by atoms with Crippen molar-refractivity contribution in [3.05, 3.63) is 59.7 Å². The van der Waals surface area contributed by atoms with E-state index in [-0.39, 0.29) is 5.91 Å². The molecule has 0 unspecified atom stereocenters. The summed E-state index contributed by atoms with van der Waals surface area (Å²) in [7, 11) is 1.89. The van der Waals surface area contributed by atoms with Gasteiger partial charge >= 0.3 is 0 Å². The van der Waals surface area contributed by atoms with E-state index in [9.17, 15) is 4.79 Å². The van der Waals surface area contributed by atoms with E-state index in [2.05, 4.69) is 21.6 Å². The molecule has 0 radical (unpaired) electrons. The molecular formula is C20H19N5OS. The van der Waals surface area contributed by atoms with Gasteiger partial charge in [-0.05, 0) is 31.5 Å². The zero-order valence-electron chi connectivity index (χ0n) is 15.3. The van der Waals surface area contributed by atoms with Crippen molar-refractivity contribution in [1.82, 2.24) is 14.8 Å². The predicted octanol–water partition coefficient (Wildman–Crippen LogP) is 3.78. The molecule has 6 nitrogen and oxygen atoms in total. The summed E-state index contributed by atoms with van der Waals surface area (Å²) in [5.41, 5.74) is 3.07. The second-order valence-corrected chi connectivity index (χ2v) is 7.39. The van der Waals surface area contributed by atoms with Crippen LogP contribution in [0.3, 0.4) is 0 Å². The molecular weight excluding hydrogens is 358 g/mol. The number of nitrogens with one attached hydrogen (secondary N) is 1. The lowest BCUT2D eigenvalue weighted by molar-refractivity contribution is -0.115. The van der Waals surface area contributed by atoms with Crippen LogP contribution in [0.25, 0.3) is 11.4 Å². The Labute approximate surface area is 162 Å². The van der Waals surface area contributed by atoms with Crippen LogP contribution < -0.4 is 5.32 Å². The van der Waals surface area contributed by atoms with Crippen molar-refractivity contribution >= 4 is 23.4 Å². The maximum Gasteiger partial charge on any atom is 0.237 e. The highest BCUT2D eigenvalue weighted by molar-refractivity contribution is 8.00. The molecule has 0 aliphatic heterocycles. The minimum Gasteiger partial charge on any atom is -0.324 e. The monoisotopic (exact) mass is 377 g/mol. The summed E-state index contributed by atoms with van der Waals surface area (Å²) in [5.74, 6) is 0.571. The van der Waals surface area contributed by atoms with E-state index in [1.54, 1.807) is 31.2 Å². The van der Waals surface area contributed by atoms with Gasteiger partial charge in [-0.2, -0.15) is 5.26 Å². The van der Waals surface area contributed by atoms with E-state index in [1.807, 2.05) is 42.8 Å². The van der Waals surface area contributed by atoms with Crippen LogP contribution in [0.4, 0.5) is 5.69 Å². The molecule has 0 fully saturated rings. The Hall–Kier alpha value is -3.11. The third-order valence-corrected chi connectivity index (χ3v) is 5.31. The van der Waals surface area contributed by atoms with Gasteiger partial charge in [0.05, 0.1) is 16.5 Å². The fourth-order valence-corrected chi connectivity index (χ4v) is 3.43. The number of thioether (sulfide) groups is 1. The first-order chi connectivity index (χ1) is 13.0. The number of nitrogens with zero attached hydrogens (tertiary/aromatic N) is 4. The normalized spacial score (nSPS) is 11.6. The molecule has 2 aromatic carbocycles. The second kappa shape index (κ2) is 8.06. The van der Waals surface area contributed by atoms with Crippen LogP contribution in [0, 0.1) is 18.3 Å². The van der Waals surface area contributed by atoms with Crippen LogP contribution in [0.2, 0.25) is 0 Å². The molecule has 1 N–H and O–H groups in total. The van der Waals surface area contributed by atoms with Crippen LogP contribution in [-0.2, 0) is 11.8 Å². The van der Waals surface area contributed by atoms with Crippen LogP contribution in [0.1, 0.15) is 18.1 Å². The second-order valence-electron chi connectivity index (χ2n) is 6.09. The number of aryl methyl sites for hydroxylation is 1. The van der Waals surface area contributed by atoms with E-state index in [0.29, 0.717) is 16.4 Å². The highest BCUT2D eigenvalue weighted by Gasteiger charge is 2.20. The minimum atomic E-state index is -0.399. The Morgan fingerprint density at radius 2 is 1.89 bits per heavy atom. The molecule has 27 heavy (non-hydrogen) atoms. The predicted molar refractivity (Wildman–Crippen MR) is 106 cm³/mol. The van der Waals surface area contributed by atoms with Gasteiger partial charge in [0.2, 0.25) is 5.91 Å². The number of carbonyl (C=O) groups is 1. The standard InChI is InChI=1S/C20H19N5OS/c1-13-8-4-6-10-16(13)18-23-24-20(25(18)3)27-14(2)19(26)22-17-11-7-5-9-15(17)12-21/h4-11,14H,1-3H3,(H,22,26)/t14-/m1/s1. The average molecular weight is 377 g/mol. The number of nitriles is 1. The lowest BCUT2D eigenvalue weighted by Gasteiger charge is -2.12. The quantitative estimate of drug-likeness (QED) is 0.684. The zero-order valence-corrected chi connectivity index (χ0v) is 16.1. The smallest absolute Gasteiger partial charge is 0.237 e. The van der Waals surface area contributed by atoms with Crippen molar-refractivity contribution in [2.24, 2.45) is 7.05 Å². The van der Waals surface area contributed by atoms with Gasteiger partial charge in [0.1, 0.15) is 6.07 Å². The first kappa shape index (κ1) is 18.7. The molecule has 1 heterocycles. The molecule has 0 aliphatic rings. The van der Waals surface area contributed by atoms with E-state index in [4.69, 9.17) is 5.26 Å². The number of para-hydroxylation sites is 1. The number of hydrogen-bond donors (Lipinski definition) is 1. The van der Waals surface area contributed by atoms with Crippen molar-refractivity contribution in [1.29, 1.82) is 5.26 Å². The lowest BCUT2D eigenvalue weighted by Crippen LogP contribution is -2.23. The van der Waals surface area contributed by atoms with Gasteiger partial charge in [-0.3, -0.25) is 4.79 Å². The first-order valence-corrected chi connectivity index (χ1v) is 9.31. The third-order valence-electron chi connectivity index (χ3n) is 4.18. The molecule has 0 bridgehead atoms. The maximum absolute atomic E-state index is 12.5. The highest BCUT2D eigenvalue weighted by Crippen LogP contribution is 2.28. The maximum atomic E-state index is 12.5. The highest BCUT2D eigenvalue weighted by atomic mass is 32.2. The van der Waals surface area contributed by atoms with Crippen LogP contribution in [0.15, 0.2) is 53.7 Å². The molecule has 3 aromatic rings. The summed E-state index contributed by atoms with van der Waals surface area (Å²) in [5, 5.41) is 20.7. The van der Waals surface area contributed by atoms with Crippen molar-refractivity contribution in [2.45, 2.75) is 24.3 Å². The number of hydrogen-bond acceptors (Lipinski definition) is 5. The van der Waals surface area contributed by atoms with Crippen molar-refractivity contribution in [3.8, 4) is 17.5 Å². The lowest BCUT2D eigenvalue weighted by atomic mass is 10.1. The van der Waals surface area contributed by atoms with Crippen molar-refractivity contribution in [2.75, 3.05) is 5.32 Å². The minimum absolute atomic E-state index is 0.192. The fourth-order valence-electron chi connectivity index (χ4n) is 2.61. The topological polar surface area (TPSA) is 83.6 Å². The van der Waals surface area contributed by atoms with E-state index in [1.165, 1.54) is 11.8 Å². The number of carbonyl (C=O) groups excluding carboxylic acids is 1. The fraction of sp³-hybridized carbons (Fsp3) is 0.200. The summed E-state index contributed by atoms with van der Waals surface area (Å²) >= 11 is 1.33. The number of amides is 1. The third kappa shape index (κ3) is 4.01. The van der Waals surface area contributed by atoms with Crippen LogP contribution in [-0.4, -0.2) is 25.9 Å². The van der Waals surface area contributed by atoms with Gasteiger partial charge in [0.15, 0.2) is 11.0 Å². The molecule has 0 saturated carbocycles. The Morgan fingerprint density at radius 3 is 2.63 bits per heavy atom. The van der Waals surface area contributed by atoms with E-state index < -0.39 is 5.25 Å². The van der Waals surface area contributed by atoms with Crippen molar-refractivity contribution in [3.63, 3.8) is 0 Å². The Balaban J connectivity index is 1.75. The molecule has 3 rings (SSSR count). The molecule has 0 saturated heterocycles. The Kier molecular flexibility index (Phi) is 5.57. The zero-order chi connectivity index (χ0) is 19.4. The molecule has 7 heteroatoms. The number of benzene rings is 2. The molecule has 0 aliphatic carbocycles. The first-order valence-electron chi connectivity index (χ1n) is 8.43. The number of aromatic nitrogens is 3. The van der Waals surface area contributed by atoms with Gasteiger partial charge in [-0.1, -0.05) is 48.2 Å². The molecule has 0 spiro atoms. The van der Waals surface area contributed by atoms with Gasteiger partial charge in [0.25, 0.3) is 0 Å². The van der Waals surface area contributed by atoms with Gasteiger partial charge in [-0.15, -0.1) is 10.2 Å². The molecule has 136 valence electrons. The van der Waals surface area contributed by atoms with Crippen molar-refractivity contribution < 1.29 is 4.79 Å². The Bertz CT molecular complexity index is 1020. The summed E-state index contributed by atoms with van der Waals surface area (Å²) in [6.07, 6.45) is 0. The van der Waals surface area contributed by atoms with Gasteiger partial charge < -0.3 is 9.88 Å². The summed E-state index contributed by atoms with van der Waals surface area (Å²) < 4.78 is 1.89. The molecule has 1 atom stereocenters. The van der Waals surface area contributed by atoms with Crippen LogP contribution in [0.5, 0.6) is 0 Å². The average Bonchev–Trinajstić information content (AvgIpc) is 3.03. The van der Waals surface area contributed by atoms with Gasteiger partial charge in [0, 0.05) is 12.6 Å². The summed E-state index contributed by atoms with van der Waals surface area (Å²) in [4.78, 5) is 12.5. The van der Waals surface area contributed by atoms with Crippen LogP contribution >= 0.6 is 11.8 Å². The molecule has 1 aromatic heterocycles. The largest absolute Gasteiger partial charge is 0.324 e. The molecule has 1 amide bonds. The number of rotatable bonds is 5. The van der Waals surface area contributed by atoms with E-state index in [0.717, 1.165) is 17.0 Å². The van der Waals surface area contributed by atoms with Gasteiger partial charge in [-0.25, -0.2) is 0 Å². The SMILES string of the molecule is Cc1ccccc1-c1nnc(S[C@H](C)C(=O)Nc2ccccc2C#N)n1C.